The highest BCUT2D eigenvalue weighted by Crippen LogP contribution is 2.20. The molecule has 0 bridgehead atoms. The van der Waals surface area contributed by atoms with E-state index < -0.39 is 23.8 Å². The number of piperidine rings is 1. The van der Waals surface area contributed by atoms with Crippen LogP contribution in [0.5, 0.6) is 0 Å². The van der Waals surface area contributed by atoms with Crippen LogP contribution in [-0.2, 0) is 4.79 Å². The van der Waals surface area contributed by atoms with Crippen molar-refractivity contribution in [2.45, 2.75) is 25.0 Å². The predicted octanol–water partition coefficient (Wildman–Crippen LogP) is 0.866. The average Bonchev–Trinajstić information content (AvgIpc) is 2.37. The summed E-state index contributed by atoms with van der Waals surface area (Å²) >= 11 is 0. The van der Waals surface area contributed by atoms with E-state index in [1.807, 2.05) is 0 Å². The van der Waals surface area contributed by atoms with E-state index in [1.165, 1.54) is 6.07 Å². The van der Waals surface area contributed by atoms with Gasteiger partial charge in [0.05, 0.1) is 17.7 Å². The fourth-order valence-electron chi connectivity index (χ4n) is 2.15. The topological polar surface area (TPSA) is 61.4 Å². The zero-order chi connectivity index (χ0) is 13.8. The minimum Gasteiger partial charge on any atom is -0.387 e. The molecule has 4 nitrogen and oxygen atoms in total. The Bertz CT molecular complexity index is 448. The van der Waals surface area contributed by atoms with E-state index in [2.05, 4.69) is 10.6 Å². The zero-order valence-electron chi connectivity index (χ0n) is 10.3. The molecule has 0 radical (unpaired) electrons. The quantitative estimate of drug-likeness (QED) is 0.760. The van der Waals surface area contributed by atoms with Gasteiger partial charge in [-0.05, 0) is 25.0 Å². The Hall–Kier alpha value is -1.53. The van der Waals surface area contributed by atoms with Gasteiger partial charge in [0.15, 0.2) is 0 Å². The van der Waals surface area contributed by atoms with E-state index in [0.29, 0.717) is 13.0 Å². The summed E-state index contributed by atoms with van der Waals surface area (Å²) in [6, 6.07) is 3.01. The average molecular weight is 270 g/mol. The third-order valence-electron chi connectivity index (χ3n) is 3.18. The maximum Gasteiger partial charge on any atom is 0.237 e. The van der Waals surface area contributed by atoms with Crippen molar-refractivity contribution >= 4 is 5.91 Å². The van der Waals surface area contributed by atoms with Crippen LogP contribution in [0.4, 0.5) is 8.78 Å². The molecule has 1 aromatic carbocycles. The number of amides is 1. The molecule has 0 aliphatic carbocycles. The first-order chi connectivity index (χ1) is 9.09. The van der Waals surface area contributed by atoms with Crippen molar-refractivity contribution in [1.29, 1.82) is 0 Å². The number of carbonyl (C=O) groups is 1. The Labute approximate surface area is 109 Å². The number of aliphatic hydroxyl groups excluding tert-OH is 1. The molecule has 104 valence electrons. The second-order valence-corrected chi connectivity index (χ2v) is 4.55. The standard InChI is InChI=1S/C13H16F2N2O2/c14-8-3-1-4-9(15)12(8)11(18)7-17-10-5-2-6-16-13(10)19/h1,3-4,10-11,17-18H,2,5-7H2,(H,16,19). The Balaban J connectivity index is 1.97. The Morgan fingerprint density at radius 3 is 2.74 bits per heavy atom. The van der Waals surface area contributed by atoms with Crippen LogP contribution >= 0.6 is 0 Å². The normalized spacial score (nSPS) is 21.0. The molecule has 0 saturated carbocycles. The molecule has 1 amide bonds. The molecule has 1 saturated heterocycles. The molecule has 1 fully saturated rings. The van der Waals surface area contributed by atoms with Gasteiger partial charge in [0.2, 0.25) is 5.91 Å². The molecule has 0 aromatic heterocycles. The molecule has 19 heavy (non-hydrogen) atoms. The number of hydrogen-bond acceptors (Lipinski definition) is 3. The van der Waals surface area contributed by atoms with Crippen LogP contribution in [0.25, 0.3) is 0 Å². The van der Waals surface area contributed by atoms with Crippen molar-refractivity contribution in [3.63, 3.8) is 0 Å². The van der Waals surface area contributed by atoms with Gasteiger partial charge < -0.3 is 15.7 Å². The summed E-state index contributed by atoms with van der Waals surface area (Å²) in [5, 5.41) is 15.3. The highest BCUT2D eigenvalue weighted by atomic mass is 19.1. The van der Waals surface area contributed by atoms with E-state index in [1.54, 1.807) is 0 Å². The third kappa shape index (κ3) is 3.27. The van der Waals surface area contributed by atoms with Crippen LogP contribution in [0.1, 0.15) is 24.5 Å². The van der Waals surface area contributed by atoms with Crippen LogP contribution < -0.4 is 10.6 Å². The summed E-state index contributed by atoms with van der Waals surface area (Å²) in [7, 11) is 0. The van der Waals surface area contributed by atoms with Crippen molar-refractivity contribution < 1.29 is 18.7 Å². The fraction of sp³-hybridized carbons (Fsp3) is 0.462. The number of nitrogens with one attached hydrogen (secondary N) is 2. The maximum atomic E-state index is 13.4. The van der Waals surface area contributed by atoms with Gasteiger partial charge in [-0.3, -0.25) is 4.79 Å². The second-order valence-electron chi connectivity index (χ2n) is 4.55. The maximum absolute atomic E-state index is 13.4. The Morgan fingerprint density at radius 1 is 1.42 bits per heavy atom. The predicted molar refractivity (Wildman–Crippen MR) is 65.4 cm³/mol. The van der Waals surface area contributed by atoms with Crippen molar-refractivity contribution in [3.8, 4) is 0 Å². The van der Waals surface area contributed by atoms with Gasteiger partial charge in [0.1, 0.15) is 11.6 Å². The third-order valence-corrected chi connectivity index (χ3v) is 3.18. The minimum atomic E-state index is -1.32. The lowest BCUT2D eigenvalue weighted by Gasteiger charge is -2.24. The molecule has 1 heterocycles. The largest absolute Gasteiger partial charge is 0.387 e. The first-order valence-electron chi connectivity index (χ1n) is 6.22. The number of aliphatic hydroxyl groups is 1. The Kier molecular flexibility index (Phi) is 4.44. The van der Waals surface area contributed by atoms with E-state index in [0.717, 1.165) is 18.6 Å². The Morgan fingerprint density at radius 2 is 2.11 bits per heavy atom. The molecule has 1 aliphatic rings. The van der Waals surface area contributed by atoms with Crippen molar-refractivity contribution in [2.75, 3.05) is 13.1 Å². The number of halogens is 2. The van der Waals surface area contributed by atoms with Crippen molar-refractivity contribution in [3.05, 3.63) is 35.4 Å². The van der Waals surface area contributed by atoms with Gasteiger partial charge >= 0.3 is 0 Å². The van der Waals surface area contributed by atoms with Crippen molar-refractivity contribution in [1.82, 2.24) is 10.6 Å². The van der Waals surface area contributed by atoms with Gasteiger partial charge in [-0.2, -0.15) is 0 Å². The summed E-state index contributed by atoms with van der Waals surface area (Å²) < 4.78 is 26.9. The molecule has 3 N–H and O–H groups in total. The fourth-order valence-corrected chi connectivity index (χ4v) is 2.15. The lowest BCUT2D eigenvalue weighted by atomic mass is 10.0. The smallest absolute Gasteiger partial charge is 0.237 e. The van der Waals surface area contributed by atoms with Gasteiger partial charge in [0.25, 0.3) is 0 Å². The SMILES string of the molecule is O=C1NCCCC1NCC(O)c1c(F)cccc1F. The first kappa shape index (κ1) is 13.9. The van der Waals surface area contributed by atoms with Gasteiger partial charge in [0, 0.05) is 13.1 Å². The van der Waals surface area contributed by atoms with Crippen LogP contribution in [0.2, 0.25) is 0 Å². The monoisotopic (exact) mass is 270 g/mol. The second kappa shape index (κ2) is 6.08. The highest BCUT2D eigenvalue weighted by molar-refractivity contribution is 5.82. The molecule has 2 atom stereocenters. The molecular weight excluding hydrogens is 254 g/mol. The summed E-state index contributed by atoms with van der Waals surface area (Å²) in [5.41, 5.74) is -0.369. The van der Waals surface area contributed by atoms with E-state index in [9.17, 15) is 18.7 Å². The lowest BCUT2D eigenvalue weighted by Crippen LogP contribution is -2.49. The highest BCUT2D eigenvalue weighted by Gasteiger charge is 2.24. The van der Waals surface area contributed by atoms with Crippen LogP contribution in [-0.4, -0.2) is 30.1 Å². The molecule has 0 spiro atoms. The number of rotatable bonds is 4. The lowest BCUT2D eigenvalue weighted by molar-refractivity contribution is -0.124. The number of carbonyl (C=O) groups excluding carboxylic acids is 1. The van der Waals surface area contributed by atoms with Crippen LogP contribution in [0.15, 0.2) is 18.2 Å². The van der Waals surface area contributed by atoms with Gasteiger partial charge in [-0.1, -0.05) is 6.07 Å². The number of benzene rings is 1. The van der Waals surface area contributed by atoms with Gasteiger partial charge in [-0.15, -0.1) is 0 Å². The molecule has 1 aromatic rings. The van der Waals surface area contributed by atoms with E-state index in [4.69, 9.17) is 0 Å². The zero-order valence-corrected chi connectivity index (χ0v) is 10.3. The first-order valence-corrected chi connectivity index (χ1v) is 6.22. The summed E-state index contributed by atoms with van der Waals surface area (Å²) in [5.74, 6) is -1.72. The number of hydrogen-bond donors (Lipinski definition) is 3. The minimum absolute atomic E-state index is 0.0735. The molecule has 6 heteroatoms. The van der Waals surface area contributed by atoms with Crippen molar-refractivity contribution in [2.24, 2.45) is 0 Å². The summed E-state index contributed by atoms with van der Waals surface area (Å²) in [6.07, 6.45) is 0.169. The van der Waals surface area contributed by atoms with Crippen LogP contribution in [0, 0.1) is 11.6 Å². The van der Waals surface area contributed by atoms with E-state index in [-0.39, 0.29) is 18.0 Å². The van der Waals surface area contributed by atoms with Crippen LogP contribution in [0.3, 0.4) is 0 Å². The van der Waals surface area contributed by atoms with E-state index >= 15 is 0 Å². The summed E-state index contributed by atoms with van der Waals surface area (Å²) in [4.78, 5) is 11.5. The molecule has 2 rings (SSSR count). The molecule has 1 aliphatic heterocycles. The summed E-state index contributed by atoms with van der Waals surface area (Å²) in [6.45, 7) is 0.567. The van der Waals surface area contributed by atoms with Gasteiger partial charge in [-0.25, -0.2) is 8.78 Å². The molecular formula is C13H16F2N2O2. The molecule has 2 unspecified atom stereocenters.